The standard InChI is InChI=1S/C6H11NOS3/c1-7(2)6(8)5-3-9-11-10-4-5/h5H,3-4H2,1-2H3. The maximum atomic E-state index is 11.4. The second-order valence-corrected chi connectivity index (χ2v) is 6.89. The quantitative estimate of drug-likeness (QED) is 0.613. The molecule has 1 amide bonds. The van der Waals surface area contributed by atoms with Gasteiger partial charge in [-0.2, -0.15) is 0 Å². The van der Waals surface area contributed by atoms with Gasteiger partial charge in [0.15, 0.2) is 0 Å². The lowest BCUT2D eigenvalue weighted by molar-refractivity contribution is -0.131. The van der Waals surface area contributed by atoms with Crippen LogP contribution in [0.15, 0.2) is 0 Å². The lowest BCUT2D eigenvalue weighted by Crippen LogP contribution is -2.32. The molecule has 0 aliphatic carbocycles. The molecule has 1 fully saturated rings. The van der Waals surface area contributed by atoms with E-state index in [9.17, 15) is 4.79 Å². The summed E-state index contributed by atoms with van der Waals surface area (Å²) < 4.78 is 0. The molecule has 11 heavy (non-hydrogen) atoms. The minimum absolute atomic E-state index is 0.237. The molecule has 2 nitrogen and oxygen atoms in total. The van der Waals surface area contributed by atoms with Crippen molar-refractivity contribution in [3.8, 4) is 0 Å². The molecule has 0 aromatic rings. The van der Waals surface area contributed by atoms with Crippen molar-refractivity contribution in [2.24, 2.45) is 5.92 Å². The van der Waals surface area contributed by atoms with E-state index in [2.05, 4.69) is 0 Å². The predicted molar refractivity (Wildman–Crippen MR) is 54.7 cm³/mol. The fourth-order valence-electron chi connectivity index (χ4n) is 0.810. The maximum absolute atomic E-state index is 11.4. The largest absolute Gasteiger partial charge is 0.349 e. The van der Waals surface area contributed by atoms with E-state index >= 15 is 0 Å². The molecule has 5 heteroatoms. The first kappa shape index (κ1) is 9.61. The van der Waals surface area contributed by atoms with E-state index < -0.39 is 0 Å². The third-order valence-electron chi connectivity index (χ3n) is 1.42. The van der Waals surface area contributed by atoms with E-state index in [1.165, 1.54) is 0 Å². The van der Waals surface area contributed by atoms with Crippen molar-refractivity contribution < 1.29 is 4.79 Å². The van der Waals surface area contributed by atoms with E-state index in [1.807, 2.05) is 14.1 Å². The lowest BCUT2D eigenvalue weighted by Gasteiger charge is -2.22. The summed E-state index contributed by atoms with van der Waals surface area (Å²) in [5, 5.41) is 0. The number of hydrogen-bond acceptors (Lipinski definition) is 4. The van der Waals surface area contributed by atoms with Crippen molar-refractivity contribution in [3.63, 3.8) is 0 Å². The fourth-order valence-corrected chi connectivity index (χ4v) is 5.12. The molecule has 0 spiro atoms. The topological polar surface area (TPSA) is 20.3 Å². The lowest BCUT2D eigenvalue weighted by atomic mass is 10.2. The molecule has 0 bridgehead atoms. The Morgan fingerprint density at radius 3 is 2.36 bits per heavy atom. The fraction of sp³-hybridized carbons (Fsp3) is 0.833. The minimum Gasteiger partial charge on any atom is -0.349 e. The molecule has 0 N–H and O–H groups in total. The minimum atomic E-state index is 0.237. The van der Waals surface area contributed by atoms with Gasteiger partial charge in [0.2, 0.25) is 5.91 Å². The highest BCUT2D eigenvalue weighted by atomic mass is 33.5. The Bertz CT molecular complexity index is 145. The summed E-state index contributed by atoms with van der Waals surface area (Å²) in [4.78, 5) is 13.1. The predicted octanol–water partition coefficient (Wildman–Crippen LogP) is 1.73. The van der Waals surface area contributed by atoms with Gasteiger partial charge in [0.25, 0.3) is 0 Å². The van der Waals surface area contributed by atoms with E-state index in [1.54, 1.807) is 36.3 Å². The number of rotatable bonds is 1. The molecule has 1 saturated heterocycles. The third kappa shape index (κ3) is 2.80. The molecule has 1 aliphatic heterocycles. The first-order valence-corrected chi connectivity index (χ1v) is 7.16. The third-order valence-corrected chi connectivity index (χ3v) is 5.82. The van der Waals surface area contributed by atoms with E-state index in [4.69, 9.17) is 0 Å². The van der Waals surface area contributed by atoms with Crippen LogP contribution in [0.3, 0.4) is 0 Å². The van der Waals surface area contributed by atoms with Crippen LogP contribution < -0.4 is 0 Å². The van der Waals surface area contributed by atoms with Gasteiger partial charge < -0.3 is 4.90 Å². The van der Waals surface area contributed by atoms with Crippen molar-refractivity contribution >= 4 is 37.3 Å². The van der Waals surface area contributed by atoms with Crippen molar-refractivity contribution in [1.29, 1.82) is 0 Å². The van der Waals surface area contributed by atoms with Gasteiger partial charge in [0.1, 0.15) is 0 Å². The number of hydrogen-bond donors (Lipinski definition) is 0. The zero-order chi connectivity index (χ0) is 8.27. The zero-order valence-corrected chi connectivity index (χ0v) is 9.02. The summed E-state index contributed by atoms with van der Waals surface area (Å²) in [7, 11) is 8.99. The van der Waals surface area contributed by atoms with Gasteiger partial charge in [0, 0.05) is 25.6 Å². The van der Waals surface area contributed by atoms with E-state index in [0.29, 0.717) is 0 Å². The second kappa shape index (κ2) is 4.52. The summed E-state index contributed by atoms with van der Waals surface area (Å²) >= 11 is 0. The number of nitrogens with zero attached hydrogens (tertiary/aromatic N) is 1. The van der Waals surface area contributed by atoms with Crippen LogP contribution in [-0.4, -0.2) is 36.4 Å². The summed E-state index contributed by atoms with van der Waals surface area (Å²) in [5.41, 5.74) is 0. The van der Waals surface area contributed by atoms with E-state index in [0.717, 1.165) is 11.5 Å². The van der Waals surface area contributed by atoms with Crippen LogP contribution >= 0.6 is 31.4 Å². The zero-order valence-electron chi connectivity index (χ0n) is 6.57. The van der Waals surface area contributed by atoms with Gasteiger partial charge >= 0.3 is 0 Å². The van der Waals surface area contributed by atoms with Crippen LogP contribution in [-0.2, 0) is 4.79 Å². The Labute approximate surface area is 78.6 Å². The molecule has 0 radical (unpaired) electrons. The van der Waals surface area contributed by atoms with Gasteiger partial charge in [-0.15, -0.1) is 0 Å². The molecule has 1 heterocycles. The highest BCUT2D eigenvalue weighted by Crippen LogP contribution is 2.42. The summed E-state index contributed by atoms with van der Waals surface area (Å²) in [6.07, 6.45) is 0. The molecule has 0 aromatic carbocycles. The first-order chi connectivity index (χ1) is 5.22. The highest BCUT2D eigenvalue weighted by molar-refractivity contribution is 9.09. The van der Waals surface area contributed by atoms with Crippen LogP contribution in [0.1, 0.15) is 0 Å². The Balaban J connectivity index is 2.39. The van der Waals surface area contributed by atoms with Crippen molar-refractivity contribution in [2.75, 3.05) is 25.6 Å². The van der Waals surface area contributed by atoms with Gasteiger partial charge in [-0.1, -0.05) is 21.6 Å². The summed E-state index contributed by atoms with van der Waals surface area (Å²) in [5.74, 6) is 2.44. The van der Waals surface area contributed by atoms with Crippen LogP contribution in [0.4, 0.5) is 0 Å². The molecular formula is C6H11NOS3. The summed E-state index contributed by atoms with van der Waals surface area (Å²) in [6, 6.07) is 0. The van der Waals surface area contributed by atoms with Crippen LogP contribution in [0, 0.1) is 5.92 Å². The number of carbonyl (C=O) groups is 1. The van der Waals surface area contributed by atoms with Crippen LogP contribution in [0.5, 0.6) is 0 Å². The molecule has 1 aliphatic rings. The Hall–Kier alpha value is 0.520. The average molecular weight is 209 g/mol. The average Bonchev–Trinajstić information content (AvgIpc) is 2.05. The Morgan fingerprint density at radius 1 is 1.36 bits per heavy atom. The monoisotopic (exact) mass is 209 g/mol. The smallest absolute Gasteiger partial charge is 0.226 e. The highest BCUT2D eigenvalue weighted by Gasteiger charge is 2.23. The molecule has 0 unspecified atom stereocenters. The molecule has 1 rings (SSSR count). The van der Waals surface area contributed by atoms with Crippen molar-refractivity contribution in [3.05, 3.63) is 0 Å². The van der Waals surface area contributed by atoms with Crippen molar-refractivity contribution in [1.82, 2.24) is 4.90 Å². The Kier molecular flexibility index (Phi) is 3.95. The SMILES string of the molecule is CN(C)C(=O)C1CSSSC1. The Morgan fingerprint density at radius 2 is 1.91 bits per heavy atom. The van der Waals surface area contributed by atoms with Crippen LogP contribution in [0.25, 0.3) is 0 Å². The second-order valence-electron chi connectivity index (χ2n) is 2.57. The van der Waals surface area contributed by atoms with E-state index in [-0.39, 0.29) is 11.8 Å². The number of carbonyl (C=O) groups excluding carboxylic acids is 1. The van der Waals surface area contributed by atoms with Gasteiger partial charge in [-0.3, -0.25) is 4.79 Å². The molecule has 0 aromatic heterocycles. The molecule has 0 atom stereocenters. The number of amides is 1. The van der Waals surface area contributed by atoms with Crippen LogP contribution in [0.2, 0.25) is 0 Å². The van der Waals surface area contributed by atoms with Gasteiger partial charge in [0.05, 0.1) is 5.92 Å². The molecule has 64 valence electrons. The normalized spacial score (nSPS) is 19.8. The maximum Gasteiger partial charge on any atom is 0.226 e. The van der Waals surface area contributed by atoms with Gasteiger partial charge in [-0.05, 0) is 9.83 Å². The summed E-state index contributed by atoms with van der Waals surface area (Å²) in [6.45, 7) is 0. The molecular weight excluding hydrogens is 198 g/mol. The van der Waals surface area contributed by atoms with Crippen molar-refractivity contribution in [2.45, 2.75) is 0 Å². The van der Waals surface area contributed by atoms with Gasteiger partial charge in [-0.25, -0.2) is 0 Å². The molecule has 0 saturated carbocycles. The first-order valence-electron chi connectivity index (χ1n) is 3.34.